The van der Waals surface area contributed by atoms with Crippen LogP contribution in [-0.2, 0) is 6.42 Å². The molecule has 0 saturated carbocycles. The first kappa shape index (κ1) is 18.7. The van der Waals surface area contributed by atoms with Crippen molar-refractivity contribution in [3.63, 3.8) is 0 Å². The minimum atomic E-state index is -0.636. The Kier molecular flexibility index (Phi) is 4.50. The number of nitrogens with one attached hydrogen (secondary N) is 2. The quantitative estimate of drug-likeness (QED) is 0.631. The van der Waals surface area contributed by atoms with E-state index in [-0.39, 0.29) is 5.69 Å². The molecule has 8 nitrogen and oxygen atoms in total. The van der Waals surface area contributed by atoms with Crippen molar-refractivity contribution in [3.05, 3.63) is 47.5 Å². The first-order valence-electron chi connectivity index (χ1n) is 9.88. The van der Waals surface area contributed by atoms with E-state index in [1.807, 2.05) is 0 Å². The molecule has 156 valence electrons. The lowest BCUT2D eigenvalue weighted by atomic mass is 10.1. The summed E-state index contributed by atoms with van der Waals surface area (Å²) in [6.45, 7) is 5.32. The van der Waals surface area contributed by atoms with Crippen LogP contribution in [0.1, 0.15) is 11.3 Å². The van der Waals surface area contributed by atoms with Gasteiger partial charge in [-0.15, -0.1) is 0 Å². The van der Waals surface area contributed by atoms with Crippen LogP contribution in [0, 0.1) is 18.7 Å². The van der Waals surface area contributed by atoms with E-state index in [0.717, 1.165) is 43.1 Å². The van der Waals surface area contributed by atoms with Crippen molar-refractivity contribution in [1.82, 2.24) is 19.7 Å². The number of halogens is 2. The third kappa shape index (κ3) is 3.22. The minimum Gasteiger partial charge on any atom is -0.369 e. The summed E-state index contributed by atoms with van der Waals surface area (Å²) in [4.78, 5) is 24.6. The van der Waals surface area contributed by atoms with E-state index in [2.05, 4.69) is 25.5 Å². The second kappa shape index (κ2) is 7.21. The van der Waals surface area contributed by atoms with E-state index < -0.39 is 17.8 Å². The number of urea groups is 1. The number of hydrogen-bond donors (Lipinski definition) is 2. The lowest BCUT2D eigenvalue weighted by Gasteiger charge is -2.31. The molecule has 3 aromatic rings. The molecule has 0 radical (unpaired) electrons. The Hall–Kier alpha value is -3.27. The van der Waals surface area contributed by atoms with Crippen molar-refractivity contribution in [1.29, 1.82) is 0 Å². The largest absolute Gasteiger partial charge is 0.369 e. The maximum absolute atomic E-state index is 14.5. The van der Waals surface area contributed by atoms with Crippen LogP contribution in [0.25, 0.3) is 5.65 Å². The normalized spacial score (nSPS) is 16.2. The monoisotopic (exact) mass is 413 g/mol. The Morgan fingerprint density at radius 2 is 1.93 bits per heavy atom. The second-order valence-corrected chi connectivity index (χ2v) is 7.52. The van der Waals surface area contributed by atoms with E-state index in [4.69, 9.17) is 0 Å². The number of aryl methyl sites for hydroxylation is 1. The van der Waals surface area contributed by atoms with Gasteiger partial charge in [0.2, 0.25) is 5.95 Å². The Balaban J connectivity index is 1.44. The van der Waals surface area contributed by atoms with Gasteiger partial charge >= 0.3 is 6.03 Å². The molecule has 0 aromatic carbocycles. The summed E-state index contributed by atoms with van der Waals surface area (Å²) in [7, 11) is 0. The number of carbonyl (C=O) groups is 1. The number of rotatable bonds is 2. The zero-order valence-electron chi connectivity index (χ0n) is 16.5. The third-order valence-corrected chi connectivity index (χ3v) is 5.50. The maximum atomic E-state index is 14.5. The summed E-state index contributed by atoms with van der Waals surface area (Å²) in [6.07, 6.45) is 3.79. The van der Waals surface area contributed by atoms with E-state index in [0.29, 0.717) is 24.4 Å². The van der Waals surface area contributed by atoms with E-state index in [9.17, 15) is 13.6 Å². The number of piperazine rings is 1. The highest BCUT2D eigenvalue weighted by Gasteiger charge is 2.31. The fourth-order valence-corrected chi connectivity index (χ4v) is 4.11. The fraction of sp³-hybridized carbons (Fsp3) is 0.350. The fourth-order valence-electron chi connectivity index (χ4n) is 4.11. The van der Waals surface area contributed by atoms with Gasteiger partial charge in [-0.1, -0.05) is 0 Å². The van der Waals surface area contributed by atoms with Crippen LogP contribution in [0.5, 0.6) is 0 Å². The number of pyridine rings is 2. The number of amides is 2. The topological polar surface area (TPSA) is 77.8 Å². The van der Waals surface area contributed by atoms with E-state index in [1.165, 1.54) is 23.2 Å². The molecule has 0 atom stereocenters. The first-order chi connectivity index (χ1) is 14.5. The Morgan fingerprint density at radius 3 is 2.73 bits per heavy atom. The van der Waals surface area contributed by atoms with Gasteiger partial charge in [0.25, 0.3) is 0 Å². The van der Waals surface area contributed by atoms with Crippen molar-refractivity contribution >= 4 is 28.9 Å². The average molecular weight is 413 g/mol. The van der Waals surface area contributed by atoms with Gasteiger partial charge in [0.05, 0.1) is 11.4 Å². The van der Waals surface area contributed by atoms with Crippen molar-refractivity contribution < 1.29 is 13.6 Å². The van der Waals surface area contributed by atoms with Gasteiger partial charge < -0.3 is 19.9 Å². The van der Waals surface area contributed by atoms with Crippen LogP contribution >= 0.6 is 0 Å². The van der Waals surface area contributed by atoms with Gasteiger partial charge in [-0.25, -0.2) is 19.2 Å². The molecule has 3 aromatic heterocycles. The molecular weight excluding hydrogens is 392 g/mol. The average Bonchev–Trinajstić information content (AvgIpc) is 3.30. The SMILES string of the molecule is Cc1cn2cc(NC(=O)N3CCc4c(N5CCNCC5)cc(F)nc43)c(F)cc2n1. The molecule has 2 N–H and O–H groups in total. The van der Waals surface area contributed by atoms with Gasteiger partial charge in [-0.3, -0.25) is 4.90 Å². The Bertz CT molecular complexity index is 1140. The number of anilines is 3. The number of hydrogen-bond acceptors (Lipinski definition) is 5. The zero-order chi connectivity index (χ0) is 20.8. The molecule has 5 rings (SSSR count). The van der Waals surface area contributed by atoms with Crippen molar-refractivity contribution in [2.24, 2.45) is 0 Å². The Labute approximate surface area is 171 Å². The third-order valence-electron chi connectivity index (χ3n) is 5.50. The number of carbonyl (C=O) groups excluding carboxylic acids is 1. The standard InChI is InChI=1S/C20H21F2N7O/c1-12-10-28-11-15(14(21)8-18(28)24-12)25-20(30)29-5-2-13-16(9-17(22)26-19(13)29)27-6-3-23-4-7-27/h8-11,23H,2-7H2,1H3,(H,25,30). The van der Waals surface area contributed by atoms with Crippen LogP contribution in [-0.4, -0.2) is 53.1 Å². The molecule has 5 heterocycles. The molecule has 0 aliphatic carbocycles. The molecule has 2 amide bonds. The molecule has 1 fully saturated rings. The van der Waals surface area contributed by atoms with Crippen LogP contribution in [0.3, 0.4) is 0 Å². The van der Waals surface area contributed by atoms with Crippen molar-refractivity contribution in [3.8, 4) is 0 Å². The molecule has 0 spiro atoms. The number of fused-ring (bicyclic) bond motifs is 2. The molecule has 2 aliphatic heterocycles. The van der Waals surface area contributed by atoms with Crippen LogP contribution in [0.4, 0.5) is 30.8 Å². The van der Waals surface area contributed by atoms with Crippen molar-refractivity contribution in [2.75, 3.05) is 47.8 Å². The first-order valence-corrected chi connectivity index (χ1v) is 9.88. The van der Waals surface area contributed by atoms with Crippen LogP contribution < -0.4 is 20.4 Å². The zero-order valence-corrected chi connectivity index (χ0v) is 16.5. The van der Waals surface area contributed by atoms with E-state index >= 15 is 0 Å². The van der Waals surface area contributed by atoms with Crippen LogP contribution in [0.2, 0.25) is 0 Å². The molecule has 0 bridgehead atoms. The highest BCUT2D eigenvalue weighted by atomic mass is 19.1. The van der Waals surface area contributed by atoms with Crippen LogP contribution in [0.15, 0.2) is 24.5 Å². The van der Waals surface area contributed by atoms with Crippen molar-refractivity contribution in [2.45, 2.75) is 13.3 Å². The predicted molar refractivity (Wildman–Crippen MR) is 109 cm³/mol. The summed E-state index contributed by atoms with van der Waals surface area (Å²) < 4.78 is 30.4. The summed E-state index contributed by atoms with van der Waals surface area (Å²) in [5, 5.41) is 5.86. The van der Waals surface area contributed by atoms with Gasteiger partial charge in [0, 0.05) is 68.5 Å². The van der Waals surface area contributed by atoms with Gasteiger partial charge in [-0.2, -0.15) is 4.39 Å². The minimum absolute atomic E-state index is 0.0251. The highest BCUT2D eigenvalue weighted by Crippen LogP contribution is 2.35. The molecule has 0 unspecified atom stereocenters. The van der Waals surface area contributed by atoms with Gasteiger partial charge in [0.15, 0.2) is 5.82 Å². The molecule has 30 heavy (non-hydrogen) atoms. The highest BCUT2D eigenvalue weighted by molar-refractivity contribution is 6.03. The maximum Gasteiger partial charge on any atom is 0.327 e. The van der Waals surface area contributed by atoms with E-state index in [1.54, 1.807) is 17.5 Å². The summed E-state index contributed by atoms with van der Waals surface area (Å²) in [5.74, 6) is -0.931. The van der Waals surface area contributed by atoms with Gasteiger partial charge in [-0.05, 0) is 13.3 Å². The predicted octanol–water partition coefficient (Wildman–Crippen LogP) is 2.32. The molecule has 2 aliphatic rings. The molecular formula is C20H21F2N7O. The number of imidazole rings is 1. The molecule has 10 heteroatoms. The van der Waals surface area contributed by atoms with Gasteiger partial charge in [0.1, 0.15) is 11.5 Å². The number of nitrogens with zero attached hydrogens (tertiary/aromatic N) is 5. The molecule has 1 saturated heterocycles. The summed E-state index contributed by atoms with van der Waals surface area (Å²) in [6, 6.07) is 2.15. The Morgan fingerprint density at radius 1 is 1.13 bits per heavy atom. The summed E-state index contributed by atoms with van der Waals surface area (Å²) >= 11 is 0. The lowest BCUT2D eigenvalue weighted by molar-refractivity contribution is 0.257. The smallest absolute Gasteiger partial charge is 0.327 e. The second-order valence-electron chi connectivity index (χ2n) is 7.52. The lowest BCUT2D eigenvalue weighted by Crippen LogP contribution is -2.44. The number of aromatic nitrogens is 3. The summed E-state index contributed by atoms with van der Waals surface area (Å²) in [5.41, 5.74) is 2.84.